The topological polar surface area (TPSA) is 50.2 Å². The van der Waals surface area contributed by atoms with Gasteiger partial charge in [-0.3, -0.25) is 4.68 Å². The van der Waals surface area contributed by atoms with E-state index in [1.807, 2.05) is 37.4 Å². The zero-order valence-corrected chi connectivity index (χ0v) is 11.7. The van der Waals surface area contributed by atoms with Crippen LogP contribution in [0, 0.1) is 13.8 Å². The molecule has 0 radical (unpaired) electrons. The molecule has 1 aromatic rings. The maximum absolute atomic E-state index is 12.0. The Hall–Kier alpha value is -1.52. The number of urea groups is 1. The Kier molecular flexibility index (Phi) is 3.59. The Morgan fingerprint density at radius 1 is 1.33 bits per heavy atom. The number of hydrogen-bond donors (Lipinski definition) is 1. The Morgan fingerprint density at radius 3 is 2.44 bits per heavy atom. The van der Waals surface area contributed by atoms with Gasteiger partial charge in [0.1, 0.15) is 0 Å². The lowest BCUT2D eigenvalue weighted by Crippen LogP contribution is -2.39. The summed E-state index contributed by atoms with van der Waals surface area (Å²) in [5, 5.41) is 7.46. The number of aromatic nitrogens is 2. The summed E-state index contributed by atoms with van der Waals surface area (Å²) in [6.07, 6.45) is 2.24. The fourth-order valence-electron chi connectivity index (χ4n) is 2.69. The second-order valence-electron chi connectivity index (χ2n) is 5.07. The summed E-state index contributed by atoms with van der Waals surface area (Å²) < 4.78 is 1.86. The van der Waals surface area contributed by atoms with Crippen LogP contribution in [0.4, 0.5) is 4.79 Å². The quantitative estimate of drug-likeness (QED) is 0.871. The highest BCUT2D eigenvalue weighted by molar-refractivity contribution is 5.75. The van der Waals surface area contributed by atoms with E-state index in [0.717, 1.165) is 42.9 Å². The predicted molar refractivity (Wildman–Crippen MR) is 70.4 cm³/mol. The van der Waals surface area contributed by atoms with Gasteiger partial charge in [0.05, 0.1) is 11.7 Å². The van der Waals surface area contributed by atoms with Crippen LogP contribution in [0.2, 0.25) is 0 Å². The molecule has 0 saturated carbocycles. The molecule has 1 atom stereocenters. The molecule has 1 fully saturated rings. The van der Waals surface area contributed by atoms with Gasteiger partial charge in [0.25, 0.3) is 0 Å². The minimum absolute atomic E-state index is 0.00630. The van der Waals surface area contributed by atoms with Crippen LogP contribution in [0.3, 0.4) is 0 Å². The number of rotatable bonds is 2. The van der Waals surface area contributed by atoms with Crippen LogP contribution in [0.5, 0.6) is 0 Å². The van der Waals surface area contributed by atoms with Crippen molar-refractivity contribution in [2.45, 2.75) is 39.7 Å². The van der Waals surface area contributed by atoms with Crippen molar-refractivity contribution in [1.82, 2.24) is 20.0 Å². The second-order valence-corrected chi connectivity index (χ2v) is 5.07. The number of amides is 2. The SMILES string of the molecule is Cc1nn(C)c(C)c1[C@H](C)NC(=O)N1CCCC1. The van der Waals surface area contributed by atoms with Crippen LogP contribution in [0.15, 0.2) is 0 Å². The molecule has 18 heavy (non-hydrogen) atoms. The van der Waals surface area contributed by atoms with Gasteiger partial charge in [-0.2, -0.15) is 5.10 Å². The van der Waals surface area contributed by atoms with E-state index in [1.54, 1.807) is 0 Å². The van der Waals surface area contributed by atoms with Crippen molar-refractivity contribution in [3.05, 3.63) is 17.0 Å². The van der Waals surface area contributed by atoms with Crippen molar-refractivity contribution in [3.8, 4) is 0 Å². The zero-order valence-electron chi connectivity index (χ0n) is 11.7. The molecule has 2 amide bonds. The van der Waals surface area contributed by atoms with Gasteiger partial charge < -0.3 is 10.2 Å². The molecular formula is C13H22N4O. The number of nitrogens with zero attached hydrogens (tertiary/aromatic N) is 3. The number of nitrogens with one attached hydrogen (secondary N) is 1. The predicted octanol–water partition coefficient (Wildman–Crippen LogP) is 1.90. The van der Waals surface area contributed by atoms with E-state index in [-0.39, 0.29) is 12.1 Å². The van der Waals surface area contributed by atoms with E-state index in [9.17, 15) is 4.79 Å². The van der Waals surface area contributed by atoms with Gasteiger partial charge in [0, 0.05) is 31.4 Å². The van der Waals surface area contributed by atoms with Gasteiger partial charge >= 0.3 is 6.03 Å². The third kappa shape index (κ3) is 2.35. The van der Waals surface area contributed by atoms with Crippen molar-refractivity contribution in [2.75, 3.05) is 13.1 Å². The Morgan fingerprint density at radius 2 is 1.94 bits per heavy atom. The van der Waals surface area contributed by atoms with Crippen LogP contribution in [0.25, 0.3) is 0 Å². The van der Waals surface area contributed by atoms with Crippen molar-refractivity contribution in [1.29, 1.82) is 0 Å². The molecule has 0 unspecified atom stereocenters. The summed E-state index contributed by atoms with van der Waals surface area (Å²) in [5.41, 5.74) is 3.23. The van der Waals surface area contributed by atoms with E-state index < -0.39 is 0 Å². The van der Waals surface area contributed by atoms with Crippen LogP contribution in [-0.4, -0.2) is 33.8 Å². The molecule has 0 aromatic carbocycles. The summed E-state index contributed by atoms with van der Waals surface area (Å²) in [5.74, 6) is 0. The highest BCUT2D eigenvalue weighted by Crippen LogP contribution is 2.21. The number of likely N-dealkylation sites (tertiary alicyclic amines) is 1. The molecule has 1 aromatic heterocycles. The first-order valence-electron chi connectivity index (χ1n) is 6.56. The minimum atomic E-state index is 0.00630. The van der Waals surface area contributed by atoms with E-state index in [1.165, 1.54) is 0 Å². The summed E-state index contributed by atoms with van der Waals surface area (Å²) in [6, 6.07) is 0.0504. The molecule has 0 spiro atoms. The largest absolute Gasteiger partial charge is 0.331 e. The lowest BCUT2D eigenvalue weighted by molar-refractivity contribution is 0.205. The molecule has 100 valence electrons. The van der Waals surface area contributed by atoms with Crippen molar-refractivity contribution >= 4 is 6.03 Å². The first-order chi connectivity index (χ1) is 8.50. The van der Waals surface area contributed by atoms with Gasteiger partial charge in [-0.15, -0.1) is 0 Å². The Bertz CT molecular complexity index is 446. The lowest BCUT2D eigenvalue weighted by Gasteiger charge is -2.21. The van der Waals surface area contributed by atoms with Crippen molar-refractivity contribution in [2.24, 2.45) is 7.05 Å². The highest BCUT2D eigenvalue weighted by Gasteiger charge is 2.22. The summed E-state index contributed by atoms with van der Waals surface area (Å²) in [7, 11) is 1.93. The van der Waals surface area contributed by atoms with Crippen LogP contribution >= 0.6 is 0 Å². The average Bonchev–Trinajstić information content (AvgIpc) is 2.88. The first kappa shape index (κ1) is 12.9. The minimum Gasteiger partial charge on any atom is -0.331 e. The molecule has 1 aliphatic heterocycles. The van der Waals surface area contributed by atoms with E-state index in [4.69, 9.17) is 0 Å². The Labute approximate surface area is 108 Å². The monoisotopic (exact) mass is 250 g/mol. The fraction of sp³-hybridized carbons (Fsp3) is 0.692. The lowest BCUT2D eigenvalue weighted by atomic mass is 10.1. The molecule has 1 aliphatic rings. The van der Waals surface area contributed by atoms with Gasteiger partial charge in [0.15, 0.2) is 0 Å². The summed E-state index contributed by atoms with van der Waals surface area (Å²) in [6.45, 7) is 7.80. The van der Waals surface area contributed by atoms with Gasteiger partial charge in [0.2, 0.25) is 0 Å². The van der Waals surface area contributed by atoms with Crippen molar-refractivity contribution in [3.63, 3.8) is 0 Å². The fourth-order valence-corrected chi connectivity index (χ4v) is 2.69. The molecule has 0 aliphatic carbocycles. The molecular weight excluding hydrogens is 228 g/mol. The first-order valence-corrected chi connectivity index (χ1v) is 6.56. The van der Waals surface area contributed by atoms with E-state index in [2.05, 4.69) is 10.4 Å². The van der Waals surface area contributed by atoms with Gasteiger partial charge in [-0.25, -0.2) is 4.79 Å². The number of carbonyl (C=O) groups excluding carboxylic acids is 1. The second kappa shape index (κ2) is 5.00. The summed E-state index contributed by atoms with van der Waals surface area (Å²) >= 11 is 0. The zero-order chi connectivity index (χ0) is 13.3. The maximum Gasteiger partial charge on any atom is 0.317 e. The molecule has 1 N–H and O–H groups in total. The molecule has 5 nitrogen and oxygen atoms in total. The molecule has 1 saturated heterocycles. The van der Waals surface area contributed by atoms with Crippen LogP contribution in [-0.2, 0) is 7.05 Å². The van der Waals surface area contributed by atoms with Crippen LogP contribution < -0.4 is 5.32 Å². The third-order valence-electron chi connectivity index (χ3n) is 3.73. The van der Waals surface area contributed by atoms with E-state index >= 15 is 0 Å². The number of aryl methyl sites for hydroxylation is 2. The Balaban J connectivity index is 2.07. The van der Waals surface area contributed by atoms with Gasteiger partial charge in [-0.05, 0) is 33.6 Å². The average molecular weight is 250 g/mol. The van der Waals surface area contributed by atoms with E-state index in [0.29, 0.717) is 0 Å². The molecule has 2 rings (SSSR count). The highest BCUT2D eigenvalue weighted by atomic mass is 16.2. The summed E-state index contributed by atoms with van der Waals surface area (Å²) in [4.78, 5) is 13.9. The molecule has 5 heteroatoms. The normalized spacial score (nSPS) is 17.0. The maximum atomic E-state index is 12.0. The molecule has 2 heterocycles. The van der Waals surface area contributed by atoms with Crippen molar-refractivity contribution < 1.29 is 4.79 Å². The number of carbonyl (C=O) groups is 1. The smallest absolute Gasteiger partial charge is 0.317 e. The third-order valence-corrected chi connectivity index (χ3v) is 3.73. The number of hydrogen-bond acceptors (Lipinski definition) is 2. The van der Waals surface area contributed by atoms with Crippen LogP contribution in [0.1, 0.15) is 42.8 Å². The van der Waals surface area contributed by atoms with Gasteiger partial charge in [-0.1, -0.05) is 0 Å². The standard InChI is InChI=1S/C13H22N4O/c1-9(12-10(2)15-16(4)11(12)3)14-13(18)17-7-5-6-8-17/h9H,5-8H2,1-4H3,(H,14,18)/t9-/m0/s1. The molecule has 0 bridgehead atoms.